The lowest BCUT2D eigenvalue weighted by molar-refractivity contribution is -0.125. The van der Waals surface area contributed by atoms with Crippen molar-refractivity contribution in [2.45, 2.75) is 70.3 Å². The van der Waals surface area contributed by atoms with E-state index < -0.39 is 15.4 Å². The highest BCUT2D eigenvalue weighted by Crippen LogP contribution is 2.25. The Morgan fingerprint density at radius 1 is 1.27 bits per heavy atom. The Balaban J connectivity index is 1.85. The molecule has 0 heterocycles. The molecule has 6 nitrogen and oxygen atoms in total. The average molecular weight is 384 g/mol. The van der Waals surface area contributed by atoms with Gasteiger partial charge in [-0.1, -0.05) is 19.1 Å². The van der Waals surface area contributed by atoms with E-state index in [1.54, 1.807) is 0 Å². The van der Waals surface area contributed by atoms with E-state index in [4.69, 9.17) is 9.29 Å². The third-order valence-electron chi connectivity index (χ3n) is 4.49. The van der Waals surface area contributed by atoms with E-state index in [1.807, 2.05) is 52.0 Å². The first-order chi connectivity index (χ1) is 11.9. The molecule has 1 aliphatic carbocycles. The van der Waals surface area contributed by atoms with Crippen molar-refractivity contribution in [1.29, 1.82) is 0 Å². The number of rotatable bonds is 6. The molecule has 7 heteroatoms. The van der Waals surface area contributed by atoms with Gasteiger partial charge in [-0.05, 0) is 64.2 Å². The van der Waals surface area contributed by atoms with E-state index in [0.717, 1.165) is 11.3 Å². The fourth-order valence-corrected chi connectivity index (χ4v) is 4.09. The summed E-state index contributed by atoms with van der Waals surface area (Å²) in [5.74, 6) is 0.468. The van der Waals surface area contributed by atoms with Gasteiger partial charge < -0.3 is 10.1 Å². The summed E-state index contributed by atoms with van der Waals surface area (Å²) < 4.78 is 37.3. The van der Waals surface area contributed by atoms with Crippen molar-refractivity contribution >= 4 is 16.0 Å². The summed E-state index contributed by atoms with van der Waals surface area (Å²) >= 11 is 0. The maximum Gasteiger partial charge on any atom is 0.267 e. The molecular formula is C19H29NO5S. The number of nitrogens with one attached hydrogen (secondary N) is 1. The maximum absolute atomic E-state index is 12.4. The third kappa shape index (κ3) is 6.29. The van der Waals surface area contributed by atoms with Crippen LogP contribution in [0.1, 0.15) is 52.5 Å². The van der Waals surface area contributed by atoms with Crippen LogP contribution >= 0.6 is 0 Å². The second-order valence-corrected chi connectivity index (χ2v) is 9.82. The minimum Gasteiger partial charge on any atom is -0.488 e. The molecule has 2 unspecified atom stereocenters. The number of amides is 1. The van der Waals surface area contributed by atoms with Crippen LogP contribution in [-0.4, -0.2) is 35.8 Å². The number of hydrogen-bond donors (Lipinski definition) is 2. The maximum atomic E-state index is 12.4. The summed E-state index contributed by atoms with van der Waals surface area (Å²) in [4.78, 5) is 12.4. The number of ether oxygens (including phenoxy) is 1. The molecule has 1 fully saturated rings. The fourth-order valence-electron chi connectivity index (χ4n) is 3.18. The number of hydrogen-bond acceptors (Lipinski definition) is 4. The summed E-state index contributed by atoms with van der Waals surface area (Å²) in [7, 11) is -4.02. The first-order valence-corrected chi connectivity index (χ1v) is 10.5. The minimum atomic E-state index is -4.02. The number of carbonyl (C=O) groups excluding carboxylic acids is 1. The van der Waals surface area contributed by atoms with E-state index >= 15 is 0 Å². The van der Waals surface area contributed by atoms with Gasteiger partial charge in [0.05, 0.1) is 5.25 Å². The van der Waals surface area contributed by atoms with Crippen LogP contribution in [0.4, 0.5) is 0 Å². The van der Waals surface area contributed by atoms with Crippen LogP contribution in [0.2, 0.25) is 0 Å². The highest BCUT2D eigenvalue weighted by atomic mass is 32.2. The van der Waals surface area contributed by atoms with Crippen molar-refractivity contribution in [3.05, 3.63) is 29.8 Å². The van der Waals surface area contributed by atoms with Crippen molar-refractivity contribution in [3.63, 3.8) is 0 Å². The van der Waals surface area contributed by atoms with E-state index in [-0.39, 0.29) is 29.9 Å². The highest BCUT2D eigenvalue weighted by Gasteiger charge is 2.34. The lowest BCUT2D eigenvalue weighted by Gasteiger charge is -2.21. The molecule has 0 spiro atoms. The third-order valence-corrected chi connectivity index (χ3v) is 5.76. The summed E-state index contributed by atoms with van der Waals surface area (Å²) in [5, 5.41) is 2.14. The molecule has 0 aromatic heterocycles. The van der Waals surface area contributed by atoms with E-state index in [1.165, 1.54) is 0 Å². The molecule has 0 saturated heterocycles. The first kappa shape index (κ1) is 20.7. The molecule has 0 radical (unpaired) electrons. The Morgan fingerprint density at radius 2 is 1.88 bits per heavy atom. The highest BCUT2D eigenvalue weighted by molar-refractivity contribution is 7.86. The molecule has 1 aliphatic rings. The Kier molecular flexibility index (Phi) is 6.34. The molecule has 1 aromatic carbocycles. The van der Waals surface area contributed by atoms with Crippen LogP contribution in [0.15, 0.2) is 24.3 Å². The van der Waals surface area contributed by atoms with E-state index in [2.05, 4.69) is 5.32 Å². The van der Waals surface area contributed by atoms with Crippen molar-refractivity contribution < 1.29 is 22.5 Å². The van der Waals surface area contributed by atoms with Crippen LogP contribution in [0.3, 0.4) is 0 Å². The smallest absolute Gasteiger partial charge is 0.267 e. The topological polar surface area (TPSA) is 92.7 Å². The van der Waals surface area contributed by atoms with Gasteiger partial charge in [0.25, 0.3) is 10.1 Å². The van der Waals surface area contributed by atoms with Gasteiger partial charge in [0.2, 0.25) is 5.91 Å². The van der Waals surface area contributed by atoms with E-state index in [0.29, 0.717) is 19.3 Å². The van der Waals surface area contributed by atoms with Crippen LogP contribution in [0.25, 0.3) is 0 Å². The lowest BCUT2D eigenvalue weighted by Crippen LogP contribution is -2.38. The van der Waals surface area contributed by atoms with Gasteiger partial charge in [0.15, 0.2) is 0 Å². The largest absolute Gasteiger partial charge is 0.488 e. The Hall–Kier alpha value is -1.60. The molecule has 26 heavy (non-hydrogen) atoms. The van der Waals surface area contributed by atoms with Gasteiger partial charge in [-0.25, -0.2) is 0 Å². The zero-order valence-corrected chi connectivity index (χ0v) is 16.7. The minimum absolute atomic E-state index is 0.0963. The second-order valence-electron chi connectivity index (χ2n) is 8.12. The normalized spacial score (nSPS) is 22.0. The second kappa shape index (κ2) is 7.96. The Bertz CT molecular complexity index is 721. The average Bonchev–Trinajstić information content (AvgIpc) is 2.96. The first-order valence-electron chi connectivity index (χ1n) is 8.98. The summed E-state index contributed by atoms with van der Waals surface area (Å²) in [6, 6.07) is 7.51. The molecule has 2 rings (SSSR count). The van der Waals surface area contributed by atoms with Crippen molar-refractivity contribution in [2.24, 2.45) is 5.92 Å². The Labute approximate surface area is 156 Å². The van der Waals surface area contributed by atoms with E-state index in [9.17, 15) is 13.2 Å². The SMILES string of the molecule is C[C@@H](Cc1ccc(OC(C)(C)C)cc1)C(=O)NC1CCC(S(=O)(=O)O)C1. The van der Waals surface area contributed by atoms with Gasteiger partial charge in [-0.2, -0.15) is 8.42 Å². The summed E-state index contributed by atoms with van der Waals surface area (Å²) in [5.41, 5.74) is 0.784. The van der Waals surface area contributed by atoms with Crippen molar-refractivity contribution in [2.75, 3.05) is 0 Å². The van der Waals surface area contributed by atoms with Gasteiger partial charge in [-0.15, -0.1) is 0 Å². The molecule has 2 N–H and O–H groups in total. The van der Waals surface area contributed by atoms with Crippen molar-refractivity contribution in [1.82, 2.24) is 5.32 Å². The summed E-state index contributed by atoms with van der Waals surface area (Å²) in [6.45, 7) is 7.82. The van der Waals surface area contributed by atoms with Gasteiger partial charge in [0.1, 0.15) is 11.4 Å². The monoisotopic (exact) mass is 383 g/mol. The van der Waals surface area contributed by atoms with Gasteiger partial charge in [0, 0.05) is 12.0 Å². The molecule has 0 bridgehead atoms. The predicted octanol–water partition coefficient (Wildman–Crippen LogP) is 2.97. The van der Waals surface area contributed by atoms with Crippen LogP contribution in [0, 0.1) is 5.92 Å². The zero-order valence-electron chi connectivity index (χ0n) is 15.9. The molecule has 3 atom stereocenters. The number of carbonyl (C=O) groups is 1. The molecule has 146 valence electrons. The van der Waals surface area contributed by atoms with Crippen LogP contribution in [0.5, 0.6) is 5.75 Å². The molecule has 1 amide bonds. The Morgan fingerprint density at radius 3 is 2.38 bits per heavy atom. The van der Waals surface area contributed by atoms with Gasteiger partial charge >= 0.3 is 0 Å². The zero-order chi connectivity index (χ0) is 19.5. The number of benzene rings is 1. The quantitative estimate of drug-likeness (QED) is 0.737. The molecule has 1 aromatic rings. The lowest BCUT2D eigenvalue weighted by atomic mass is 9.99. The fraction of sp³-hybridized carbons (Fsp3) is 0.632. The van der Waals surface area contributed by atoms with Crippen molar-refractivity contribution in [3.8, 4) is 5.75 Å². The summed E-state index contributed by atoms with van der Waals surface area (Å²) in [6.07, 6.45) is 1.82. The standard InChI is InChI=1S/C19H29NO5S/c1-13(11-14-5-8-16(9-6-14)25-19(2,3)4)18(21)20-15-7-10-17(12-15)26(22,23)24/h5-6,8-9,13,15,17H,7,10-12H2,1-4H3,(H,20,21)(H,22,23,24)/t13-,15?,17?/m0/s1. The van der Waals surface area contributed by atoms with Crippen LogP contribution in [-0.2, 0) is 21.3 Å². The van der Waals surface area contributed by atoms with Gasteiger partial charge in [-0.3, -0.25) is 9.35 Å². The molecular weight excluding hydrogens is 354 g/mol. The van der Waals surface area contributed by atoms with Crippen LogP contribution < -0.4 is 10.1 Å². The molecule has 0 aliphatic heterocycles. The predicted molar refractivity (Wildman–Crippen MR) is 101 cm³/mol. The molecule has 1 saturated carbocycles.